The maximum absolute atomic E-state index is 12.3. The van der Waals surface area contributed by atoms with Crippen LogP contribution in [0.15, 0.2) is 276 Å². The van der Waals surface area contributed by atoms with Crippen molar-refractivity contribution in [3.05, 3.63) is 279 Å². The number of amides is 2. The Morgan fingerprint density at radius 2 is 0.780 bits per heavy atom. The van der Waals surface area contributed by atoms with Crippen LogP contribution in [0.25, 0.3) is 108 Å². The Morgan fingerprint density at radius 1 is 0.404 bits per heavy atom. The highest BCUT2D eigenvalue weighted by atomic mass is 79.9. The zero-order chi connectivity index (χ0) is 99.4. The van der Waals surface area contributed by atoms with Crippen molar-refractivity contribution in [2.75, 3.05) is 134 Å². The number of aromatic hydroxyl groups is 4. The van der Waals surface area contributed by atoms with Crippen LogP contribution < -0.4 is 38.5 Å². The molecule has 27 nitrogen and oxygen atoms in total. The van der Waals surface area contributed by atoms with E-state index < -0.39 is 0 Å². The molecule has 5 N–H and O–H groups in total. The fraction of sp³-hybridized carbons (Fsp3) is 0.252. The number of nitrogens with one attached hydrogen (secondary N) is 1. The van der Waals surface area contributed by atoms with Crippen LogP contribution in [0, 0.1) is 0 Å². The average Bonchev–Trinajstić information content (AvgIpc) is 1.65. The molecule has 0 saturated carbocycles. The molecule has 17 aromatic rings. The molecule has 3 fully saturated rings. The molecular weight excluding hydrogens is 2000 g/mol. The second-order valence-corrected chi connectivity index (χ2v) is 35.3. The van der Waals surface area contributed by atoms with Crippen LogP contribution >= 0.6 is 47.8 Å². The van der Waals surface area contributed by atoms with Gasteiger partial charge in [-0.05, 0) is 326 Å². The predicted octanol–water partition coefficient (Wildman–Crippen LogP) is 22.9. The van der Waals surface area contributed by atoms with Crippen LogP contribution in [-0.4, -0.2) is 194 Å². The number of piperidine rings is 1. The first kappa shape index (κ1) is 103. The molecule has 1 atom stereocenters. The molecule has 3 aromatic heterocycles. The van der Waals surface area contributed by atoms with Crippen molar-refractivity contribution in [2.45, 2.75) is 52.4 Å². The number of methoxy groups -OCH3 is 4. The number of imide groups is 1. The second kappa shape index (κ2) is 50.1. The Hall–Kier alpha value is -14.1. The van der Waals surface area contributed by atoms with Crippen molar-refractivity contribution in [2.24, 2.45) is 0 Å². The third kappa shape index (κ3) is 28.2. The molecule has 141 heavy (non-hydrogen) atoms. The molecule has 14 aromatic carbocycles. The van der Waals surface area contributed by atoms with Crippen LogP contribution in [0.4, 0.5) is 0 Å². The number of fused-ring (bicyclic) bond motifs is 10. The van der Waals surface area contributed by atoms with Crippen LogP contribution in [-0.2, 0) is 60.5 Å². The number of morpholine rings is 2. The SMILES string of the molecule is CCOC(=O)/C=C/COc1cc2ccc(O)cc2cc1Br.CCOC(=O)Cc1coc2cc3ccc(O)cc3cc12.CCOC(=O)Cc1coc2cc3ccc(OCCN4CCOCC4)cc3cc12.COc1ccc2cc(OC)c(Br)cc2c1.COc1ccc2cc(OC)ccc2c1.O=C1CCC(c2coc3cc4ccc(OCCN5CCOCC5)cc4cc23)C(=O)N1.Oc1ccc2cc(O)c(Br)cc2c1. The highest BCUT2D eigenvalue weighted by Crippen LogP contribution is 2.40. The van der Waals surface area contributed by atoms with E-state index in [0.29, 0.717) is 56.1 Å². The third-order valence-corrected chi connectivity index (χ3v) is 25.3. The van der Waals surface area contributed by atoms with Crippen LogP contribution in [0.3, 0.4) is 0 Å². The van der Waals surface area contributed by atoms with Crippen molar-refractivity contribution in [3.63, 3.8) is 0 Å². The van der Waals surface area contributed by atoms with Crippen molar-refractivity contribution in [1.82, 2.24) is 15.1 Å². The smallest absolute Gasteiger partial charge is 0.330 e. The number of nitrogens with zero attached hydrogens (tertiary/aromatic N) is 2. The molecule has 2 amide bonds. The maximum Gasteiger partial charge on any atom is 0.330 e. The van der Waals surface area contributed by atoms with Crippen molar-refractivity contribution in [3.8, 4) is 63.2 Å². The van der Waals surface area contributed by atoms with Gasteiger partial charge in [-0.2, -0.15) is 0 Å². The molecule has 732 valence electrons. The van der Waals surface area contributed by atoms with Gasteiger partial charge >= 0.3 is 17.9 Å². The number of rotatable bonds is 24. The van der Waals surface area contributed by atoms with Gasteiger partial charge in [0.2, 0.25) is 11.8 Å². The zero-order valence-corrected chi connectivity index (χ0v) is 83.6. The monoisotopic (exact) mass is 2100 g/mol. The topological polar surface area (TPSA) is 335 Å². The van der Waals surface area contributed by atoms with E-state index in [9.17, 15) is 44.4 Å². The summed E-state index contributed by atoms with van der Waals surface area (Å²) in [5, 5.41) is 57.1. The third-order valence-electron chi connectivity index (χ3n) is 23.4. The summed E-state index contributed by atoms with van der Waals surface area (Å²) in [4.78, 5) is 63.0. The molecular formula is C111H108Br3N3O24. The molecule has 3 saturated heterocycles. The van der Waals surface area contributed by atoms with Gasteiger partial charge in [-0.15, -0.1) is 0 Å². The number of carbonyl (C=O) groups is 5. The summed E-state index contributed by atoms with van der Waals surface area (Å²) in [6, 6.07) is 68.4. The van der Waals surface area contributed by atoms with Gasteiger partial charge < -0.3 is 90.5 Å². The van der Waals surface area contributed by atoms with Gasteiger partial charge in [0.25, 0.3) is 0 Å². The molecule has 1 unspecified atom stereocenters. The molecule has 0 bridgehead atoms. The number of hydrogen-bond donors (Lipinski definition) is 5. The van der Waals surface area contributed by atoms with Gasteiger partial charge in [-0.25, -0.2) is 4.79 Å². The van der Waals surface area contributed by atoms with Gasteiger partial charge in [-0.3, -0.25) is 34.3 Å². The Kier molecular flexibility index (Phi) is 36.5. The Morgan fingerprint density at radius 3 is 1.24 bits per heavy atom. The molecule has 20 rings (SSSR count). The average molecular weight is 2110 g/mol. The zero-order valence-electron chi connectivity index (χ0n) is 78.9. The Labute approximate surface area is 838 Å². The van der Waals surface area contributed by atoms with Gasteiger partial charge in [0.1, 0.15) is 99.8 Å². The first-order valence-electron chi connectivity index (χ1n) is 45.9. The summed E-state index contributed by atoms with van der Waals surface area (Å²) in [5.41, 5.74) is 4.70. The highest BCUT2D eigenvalue weighted by molar-refractivity contribution is 9.11. The summed E-state index contributed by atoms with van der Waals surface area (Å²) in [6.45, 7) is 16.7. The lowest BCUT2D eigenvalue weighted by Crippen LogP contribution is -2.39. The van der Waals surface area contributed by atoms with Gasteiger partial charge in [-0.1, -0.05) is 48.5 Å². The molecule has 6 heterocycles. The van der Waals surface area contributed by atoms with E-state index in [4.69, 9.17) is 70.1 Å². The molecule has 30 heteroatoms. The first-order chi connectivity index (χ1) is 68.4. The molecule has 3 aliphatic rings. The highest BCUT2D eigenvalue weighted by Gasteiger charge is 2.31. The van der Waals surface area contributed by atoms with E-state index >= 15 is 0 Å². The quantitative estimate of drug-likeness (QED) is 0.0162. The maximum atomic E-state index is 12.3. The van der Waals surface area contributed by atoms with Crippen molar-refractivity contribution >= 4 is 186 Å². The van der Waals surface area contributed by atoms with Crippen LogP contribution in [0.2, 0.25) is 0 Å². The standard InChI is InChI=1S/C23H24N2O5.C22H25NO5.C16H15BrO4.C16H14O4.C12H11BrO2.C12H12O2.C10H7BrO2/c26-22-4-3-18(23(27)24-22)20-14-30-21-13-15-1-2-17(11-16(15)12-19(20)21)29-10-7-25-5-8-28-9-6-25;1-2-26-22(24)14-18-15-28-21-13-16-3-4-19(11-17(16)12-20(18)21)27-10-7-23-5-8-25-9-6-23;1-2-20-16(19)4-3-7-21-15-10-11-5-6-13(18)8-12(11)9-14(15)17;1-2-19-16(18)8-12-9-20-15-7-10-3-4-13(17)5-11(10)6-14(12)15;1-14-10-4-3-8-7-12(15-2)11(13)6-9(8)5-10;1-13-11-5-3-10-8-12(14-2)6-4-9(10)7-11;11-9-4-7-3-8(12)2-1-6(7)5-10(9)13/h1-2,11-14,18H,3-10H2,(H,24,26,27);3-4,11-13,15H,2,5-10,14H2,1H3;3-6,8-10,18H,2,7H2,1H3;3-7,9,17H,2,8H2,1H3;3-7H,1-2H3;3-8H,1-2H3;1-5,12-13H/b;;4-3+;;;;. The summed E-state index contributed by atoms with van der Waals surface area (Å²) in [7, 11) is 6.67. The van der Waals surface area contributed by atoms with E-state index in [0.717, 1.165) is 234 Å². The molecule has 0 aliphatic carbocycles. The lowest BCUT2D eigenvalue weighted by Gasteiger charge is -2.26. The first-order valence-corrected chi connectivity index (χ1v) is 48.2. The Balaban J connectivity index is 0.000000133. The normalized spacial score (nSPS) is 13.7. The summed E-state index contributed by atoms with van der Waals surface area (Å²) in [5.74, 6) is 4.93. The Bertz CT molecular complexity index is 7260. The number of halogens is 3. The van der Waals surface area contributed by atoms with Gasteiger partial charge in [0, 0.05) is 84.6 Å². The van der Waals surface area contributed by atoms with Crippen molar-refractivity contribution < 1.29 is 114 Å². The summed E-state index contributed by atoms with van der Waals surface area (Å²) in [6.07, 6.45) is 9.05. The van der Waals surface area contributed by atoms with E-state index in [-0.39, 0.29) is 78.1 Å². The number of hydrogen-bond acceptors (Lipinski definition) is 26. The van der Waals surface area contributed by atoms with Crippen LogP contribution in [0.1, 0.15) is 56.2 Å². The number of esters is 3. The van der Waals surface area contributed by atoms with E-state index in [2.05, 4.69) is 69.0 Å². The lowest BCUT2D eigenvalue weighted by molar-refractivity contribution is -0.143. The van der Waals surface area contributed by atoms with Crippen LogP contribution in [0.5, 0.6) is 63.2 Å². The van der Waals surface area contributed by atoms with E-state index in [1.165, 1.54) is 6.08 Å². The number of ether oxygens (including phenoxy) is 12. The largest absolute Gasteiger partial charge is 0.508 e. The number of furan rings is 3. The summed E-state index contributed by atoms with van der Waals surface area (Å²) < 4.78 is 83.0. The fourth-order valence-corrected chi connectivity index (χ4v) is 17.5. The van der Waals surface area contributed by atoms with E-state index in [1.54, 1.807) is 129 Å². The number of carbonyl (C=O) groups excluding carboxylic acids is 5. The number of benzene rings is 14. The number of phenols is 4. The summed E-state index contributed by atoms with van der Waals surface area (Å²) >= 11 is 10.1. The fourth-order valence-electron chi connectivity index (χ4n) is 16.1. The van der Waals surface area contributed by atoms with Gasteiger partial charge in [0.05, 0.1) is 126 Å². The lowest BCUT2D eigenvalue weighted by atomic mass is 9.90. The number of phenolic OH excluding ortho intramolecular Hbond substituents is 4. The minimum atomic E-state index is -0.380. The molecule has 0 radical (unpaired) electrons. The van der Waals surface area contributed by atoms with Crippen molar-refractivity contribution in [1.29, 1.82) is 0 Å². The minimum Gasteiger partial charge on any atom is -0.508 e. The van der Waals surface area contributed by atoms with E-state index in [1.807, 2.05) is 158 Å². The molecule has 3 aliphatic heterocycles. The minimum absolute atomic E-state index is 0.186. The predicted molar refractivity (Wildman–Crippen MR) is 555 cm³/mol. The van der Waals surface area contributed by atoms with Gasteiger partial charge in [0.15, 0.2) is 0 Å². The molecule has 0 spiro atoms. The second-order valence-electron chi connectivity index (χ2n) is 32.8.